The van der Waals surface area contributed by atoms with Crippen molar-refractivity contribution in [2.24, 2.45) is 0 Å². The second-order valence-electron chi connectivity index (χ2n) is 4.91. The molecule has 1 N–H and O–H groups in total. The zero-order valence-corrected chi connectivity index (χ0v) is 10.5. The number of thiophene rings is 1. The molecule has 1 unspecified atom stereocenters. The van der Waals surface area contributed by atoms with Crippen molar-refractivity contribution >= 4 is 11.3 Å². The molecule has 0 radical (unpaired) electrons. The van der Waals surface area contributed by atoms with E-state index in [4.69, 9.17) is 4.42 Å². The van der Waals surface area contributed by atoms with Gasteiger partial charge in [-0.15, -0.1) is 11.3 Å². The van der Waals surface area contributed by atoms with Gasteiger partial charge in [0.2, 0.25) is 0 Å². The molecule has 3 heteroatoms. The van der Waals surface area contributed by atoms with Crippen LogP contribution < -0.4 is 0 Å². The van der Waals surface area contributed by atoms with E-state index >= 15 is 0 Å². The van der Waals surface area contributed by atoms with Crippen LogP contribution in [0.25, 0.3) is 0 Å². The van der Waals surface area contributed by atoms with Gasteiger partial charge in [-0.2, -0.15) is 0 Å². The van der Waals surface area contributed by atoms with Gasteiger partial charge in [0.05, 0.1) is 12.5 Å². The summed E-state index contributed by atoms with van der Waals surface area (Å²) in [6.45, 7) is 6.52. The average molecular weight is 236 g/mol. The normalized spacial score (nSPS) is 14.0. The molecule has 1 atom stereocenters. The van der Waals surface area contributed by atoms with E-state index in [1.807, 2.05) is 6.07 Å². The number of hydrogen-bond donors (Lipinski definition) is 1. The predicted molar refractivity (Wildman–Crippen MR) is 65.8 cm³/mol. The van der Waals surface area contributed by atoms with Crippen LogP contribution in [0.15, 0.2) is 35.1 Å². The lowest BCUT2D eigenvalue weighted by Gasteiger charge is -2.15. The first-order valence-corrected chi connectivity index (χ1v) is 6.10. The third kappa shape index (κ3) is 2.20. The summed E-state index contributed by atoms with van der Waals surface area (Å²) < 4.78 is 4.98. The highest BCUT2D eigenvalue weighted by Gasteiger charge is 2.19. The summed E-state index contributed by atoms with van der Waals surface area (Å²) in [5.41, 5.74) is 0.946. The Morgan fingerprint density at radius 1 is 1.25 bits per heavy atom. The highest BCUT2D eigenvalue weighted by atomic mass is 32.1. The number of aliphatic hydroxyl groups is 1. The molecule has 2 aromatic rings. The van der Waals surface area contributed by atoms with Crippen molar-refractivity contribution in [1.29, 1.82) is 0 Å². The molecule has 2 heterocycles. The molecule has 0 aromatic carbocycles. The van der Waals surface area contributed by atoms with Gasteiger partial charge < -0.3 is 9.52 Å². The highest BCUT2D eigenvalue weighted by molar-refractivity contribution is 7.12. The van der Waals surface area contributed by atoms with Crippen LogP contribution >= 0.6 is 11.3 Å². The van der Waals surface area contributed by atoms with E-state index in [2.05, 4.69) is 26.8 Å². The number of furan rings is 1. The Bertz CT molecular complexity index is 448. The number of aliphatic hydroxyl groups excluding tert-OH is 1. The molecule has 0 saturated carbocycles. The summed E-state index contributed by atoms with van der Waals surface area (Å²) in [6.07, 6.45) is 2.60. The van der Waals surface area contributed by atoms with Crippen molar-refractivity contribution in [1.82, 2.24) is 0 Å². The maximum Gasteiger partial charge on any atom is 0.116 e. The van der Waals surface area contributed by atoms with E-state index < -0.39 is 6.10 Å². The minimum Gasteiger partial charge on any atom is -0.472 e. The zero-order chi connectivity index (χ0) is 11.8. The summed E-state index contributed by atoms with van der Waals surface area (Å²) in [5.74, 6) is 0. The Morgan fingerprint density at radius 2 is 2.00 bits per heavy atom. The van der Waals surface area contributed by atoms with E-state index in [0.717, 1.165) is 10.4 Å². The number of rotatable bonds is 2. The fourth-order valence-corrected chi connectivity index (χ4v) is 2.58. The molecule has 0 fully saturated rings. The van der Waals surface area contributed by atoms with Gasteiger partial charge in [0, 0.05) is 15.3 Å². The quantitative estimate of drug-likeness (QED) is 0.862. The first-order valence-electron chi connectivity index (χ1n) is 5.29. The molecule has 86 valence electrons. The fourth-order valence-electron chi connectivity index (χ4n) is 1.50. The Hall–Kier alpha value is -1.06. The van der Waals surface area contributed by atoms with Crippen molar-refractivity contribution in [3.63, 3.8) is 0 Å². The van der Waals surface area contributed by atoms with Crippen molar-refractivity contribution in [3.05, 3.63) is 46.0 Å². The fraction of sp³-hybridized carbons (Fsp3) is 0.385. The monoisotopic (exact) mass is 236 g/mol. The van der Waals surface area contributed by atoms with Crippen LogP contribution in [0.4, 0.5) is 0 Å². The lowest BCUT2D eigenvalue weighted by Crippen LogP contribution is -2.07. The molecule has 16 heavy (non-hydrogen) atoms. The molecule has 0 aliphatic rings. The summed E-state index contributed by atoms with van der Waals surface area (Å²) in [6, 6.07) is 5.87. The zero-order valence-electron chi connectivity index (χ0n) is 9.73. The van der Waals surface area contributed by atoms with Gasteiger partial charge in [-0.3, -0.25) is 0 Å². The van der Waals surface area contributed by atoms with Gasteiger partial charge in [-0.25, -0.2) is 0 Å². The molecule has 0 bridgehead atoms. The molecule has 2 rings (SSSR count). The van der Waals surface area contributed by atoms with E-state index in [1.54, 1.807) is 29.9 Å². The molecular formula is C13H16O2S. The van der Waals surface area contributed by atoms with E-state index in [9.17, 15) is 5.11 Å². The van der Waals surface area contributed by atoms with Crippen molar-refractivity contribution in [2.45, 2.75) is 32.3 Å². The maximum atomic E-state index is 10.1. The Balaban J connectivity index is 2.26. The standard InChI is InChI=1S/C13H16O2S/c1-13(2,3)11-5-4-10(16-11)12(14)9-6-7-15-8-9/h4-8,12,14H,1-3H3. The molecule has 0 saturated heterocycles. The Morgan fingerprint density at radius 3 is 2.50 bits per heavy atom. The van der Waals surface area contributed by atoms with Gasteiger partial charge in [0.25, 0.3) is 0 Å². The first-order chi connectivity index (χ1) is 7.48. The van der Waals surface area contributed by atoms with Gasteiger partial charge >= 0.3 is 0 Å². The van der Waals surface area contributed by atoms with Gasteiger partial charge in [-0.1, -0.05) is 20.8 Å². The second kappa shape index (κ2) is 4.07. The van der Waals surface area contributed by atoms with Crippen LogP contribution in [0, 0.1) is 0 Å². The average Bonchev–Trinajstić information content (AvgIpc) is 2.87. The molecule has 0 amide bonds. The van der Waals surface area contributed by atoms with E-state index in [-0.39, 0.29) is 5.41 Å². The van der Waals surface area contributed by atoms with Crippen LogP contribution in [0.5, 0.6) is 0 Å². The summed E-state index contributed by atoms with van der Waals surface area (Å²) in [5, 5.41) is 10.1. The molecule has 0 spiro atoms. The topological polar surface area (TPSA) is 33.4 Å². The third-order valence-corrected chi connectivity index (χ3v) is 4.06. The molecule has 0 aliphatic carbocycles. The largest absolute Gasteiger partial charge is 0.472 e. The van der Waals surface area contributed by atoms with E-state index in [0.29, 0.717) is 0 Å². The predicted octanol–water partition coefficient (Wildman–Crippen LogP) is 3.72. The molecule has 2 nitrogen and oxygen atoms in total. The van der Waals surface area contributed by atoms with Crippen molar-refractivity contribution < 1.29 is 9.52 Å². The minimum absolute atomic E-state index is 0.138. The summed E-state index contributed by atoms with van der Waals surface area (Å²) >= 11 is 1.65. The highest BCUT2D eigenvalue weighted by Crippen LogP contribution is 2.34. The Labute approximate surface area is 99.5 Å². The third-order valence-electron chi connectivity index (χ3n) is 2.49. The lowest BCUT2D eigenvalue weighted by molar-refractivity contribution is 0.223. The van der Waals surface area contributed by atoms with Crippen LogP contribution in [0.3, 0.4) is 0 Å². The first kappa shape index (κ1) is 11.4. The molecular weight excluding hydrogens is 220 g/mol. The van der Waals surface area contributed by atoms with Gasteiger partial charge in [0.1, 0.15) is 6.10 Å². The SMILES string of the molecule is CC(C)(C)c1ccc(C(O)c2ccoc2)s1. The molecule has 0 aliphatic heterocycles. The van der Waals surface area contributed by atoms with Crippen LogP contribution in [0.2, 0.25) is 0 Å². The van der Waals surface area contributed by atoms with Crippen LogP contribution in [0.1, 0.15) is 42.2 Å². The summed E-state index contributed by atoms with van der Waals surface area (Å²) in [4.78, 5) is 2.25. The van der Waals surface area contributed by atoms with Crippen molar-refractivity contribution in [2.75, 3.05) is 0 Å². The van der Waals surface area contributed by atoms with Crippen molar-refractivity contribution in [3.8, 4) is 0 Å². The van der Waals surface area contributed by atoms with E-state index in [1.165, 1.54) is 4.88 Å². The number of hydrogen-bond acceptors (Lipinski definition) is 3. The lowest BCUT2D eigenvalue weighted by atomic mass is 9.95. The minimum atomic E-state index is -0.570. The summed E-state index contributed by atoms with van der Waals surface area (Å²) in [7, 11) is 0. The van der Waals surface area contributed by atoms with Crippen LogP contribution in [-0.2, 0) is 5.41 Å². The van der Waals surface area contributed by atoms with Gasteiger partial charge in [0.15, 0.2) is 0 Å². The maximum absolute atomic E-state index is 10.1. The van der Waals surface area contributed by atoms with Gasteiger partial charge in [-0.05, 0) is 23.6 Å². The smallest absolute Gasteiger partial charge is 0.116 e. The Kier molecular flexibility index (Phi) is 2.91. The molecule has 2 aromatic heterocycles. The van der Waals surface area contributed by atoms with Crippen LogP contribution in [-0.4, -0.2) is 5.11 Å². The second-order valence-corrected chi connectivity index (χ2v) is 6.03.